The Bertz CT molecular complexity index is 1180. The molecule has 0 radical (unpaired) electrons. The summed E-state index contributed by atoms with van der Waals surface area (Å²) in [5.41, 5.74) is 4.77. The molecule has 32 heavy (non-hydrogen) atoms. The van der Waals surface area contributed by atoms with Crippen LogP contribution in [-0.2, 0) is 5.41 Å². The molecule has 4 rings (SSSR count). The molecule has 0 aromatic heterocycles. The molecule has 160 valence electrons. The van der Waals surface area contributed by atoms with Gasteiger partial charge in [-0.25, -0.2) is 4.79 Å². The molecule has 0 aliphatic heterocycles. The molecule has 4 aromatic carbocycles. The molecule has 0 fully saturated rings. The van der Waals surface area contributed by atoms with Crippen molar-refractivity contribution in [2.24, 2.45) is 0 Å². The average Bonchev–Trinajstić information content (AvgIpc) is 2.81. The Morgan fingerprint density at radius 3 is 1.84 bits per heavy atom. The van der Waals surface area contributed by atoms with Crippen LogP contribution >= 0.6 is 0 Å². The predicted octanol–water partition coefficient (Wildman–Crippen LogP) is 7.00. The van der Waals surface area contributed by atoms with Gasteiger partial charge in [0, 0.05) is 11.1 Å². The Labute approximate surface area is 188 Å². The fourth-order valence-corrected chi connectivity index (χ4v) is 3.61. The van der Waals surface area contributed by atoms with Crippen LogP contribution in [0.1, 0.15) is 25.0 Å². The fraction of sp³-hybridized carbons (Fsp3) is 0.107. The number of anilines is 1. The summed E-state index contributed by atoms with van der Waals surface area (Å²) < 4.78 is 5.41. The third-order valence-electron chi connectivity index (χ3n) is 5.61. The first-order valence-corrected chi connectivity index (χ1v) is 10.5. The highest BCUT2D eigenvalue weighted by atomic mass is 16.6. The van der Waals surface area contributed by atoms with Crippen LogP contribution in [0.15, 0.2) is 103 Å². The van der Waals surface area contributed by atoms with Gasteiger partial charge in [-0.05, 0) is 58.7 Å². The van der Waals surface area contributed by atoms with Gasteiger partial charge in [0.05, 0.1) is 0 Å². The lowest BCUT2D eigenvalue weighted by Gasteiger charge is -2.26. The minimum atomic E-state index is -0.539. The Morgan fingerprint density at radius 1 is 0.719 bits per heavy atom. The molecule has 4 heteroatoms. The van der Waals surface area contributed by atoms with Crippen molar-refractivity contribution in [1.29, 1.82) is 0 Å². The molecule has 0 spiro atoms. The number of nitrogens with one attached hydrogen (secondary N) is 1. The maximum absolute atomic E-state index is 12.3. The Kier molecular flexibility index (Phi) is 5.95. The number of phenolic OH excluding ortho intramolecular Hbond substituents is 1. The third-order valence-corrected chi connectivity index (χ3v) is 5.61. The van der Waals surface area contributed by atoms with Crippen molar-refractivity contribution in [2.75, 3.05) is 5.32 Å². The Hall–Kier alpha value is -4.05. The van der Waals surface area contributed by atoms with Crippen molar-refractivity contribution in [3.8, 4) is 22.6 Å². The predicted molar refractivity (Wildman–Crippen MR) is 128 cm³/mol. The van der Waals surface area contributed by atoms with Gasteiger partial charge < -0.3 is 9.84 Å². The van der Waals surface area contributed by atoms with Gasteiger partial charge in [-0.2, -0.15) is 0 Å². The van der Waals surface area contributed by atoms with Crippen LogP contribution in [0, 0.1) is 0 Å². The van der Waals surface area contributed by atoms with E-state index in [9.17, 15) is 9.90 Å². The highest BCUT2D eigenvalue weighted by Crippen LogP contribution is 2.33. The van der Waals surface area contributed by atoms with Crippen LogP contribution < -0.4 is 10.1 Å². The van der Waals surface area contributed by atoms with Gasteiger partial charge in [0.25, 0.3) is 0 Å². The van der Waals surface area contributed by atoms with E-state index in [0.29, 0.717) is 11.4 Å². The molecule has 0 bridgehead atoms. The van der Waals surface area contributed by atoms with Crippen molar-refractivity contribution in [1.82, 2.24) is 0 Å². The largest absolute Gasteiger partial charge is 0.508 e. The molecule has 0 aliphatic rings. The topological polar surface area (TPSA) is 58.6 Å². The number of aromatic hydroxyl groups is 1. The van der Waals surface area contributed by atoms with E-state index in [-0.39, 0.29) is 11.2 Å². The standard InChI is InChI=1S/C28H25NO3/c1-28(2,23-12-16-25(30)17-13-23)22-10-14-24(15-11-22)29-27(31)32-26-18-8-21(9-19-26)20-6-4-3-5-7-20/h3-19,30H,1-2H3,(H,29,31). The summed E-state index contributed by atoms with van der Waals surface area (Å²) in [7, 11) is 0. The maximum Gasteiger partial charge on any atom is 0.417 e. The second kappa shape index (κ2) is 8.98. The third kappa shape index (κ3) is 4.81. The second-order valence-electron chi connectivity index (χ2n) is 8.15. The van der Waals surface area contributed by atoms with Crippen LogP contribution in [0.3, 0.4) is 0 Å². The lowest BCUT2D eigenvalue weighted by atomic mass is 9.78. The molecule has 0 saturated heterocycles. The van der Waals surface area contributed by atoms with Gasteiger partial charge in [-0.15, -0.1) is 0 Å². The van der Waals surface area contributed by atoms with Crippen molar-refractivity contribution < 1.29 is 14.6 Å². The number of rotatable bonds is 5. The van der Waals surface area contributed by atoms with Gasteiger partial charge in [0.1, 0.15) is 11.5 Å². The van der Waals surface area contributed by atoms with Crippen LogP contribution in [0.5, 0.6) is 11.5 Å². The number of hydrogen-bond donors (Lipinski definition) is 2. The van der Waals surface area contributed by atoms with E-state index in [4.69, 9.17) is 4.74 Å². The molecule has 4 nitrogen and oxygen atoms in total. The number of carbonyl (C=O) groups excluding carboxylic acids is 1. The van der Waals surface area contributed by atoms with E-state index in [1.54, 1.807) is 24.3 Å². The highest BCUT2D eigenvalue weighted by Gasteiger charge is 2.23. The summed E-state index contributed by atoms with van der Waals surface area (Å²) in [5.74, 6) is 0.726. The average molecular weight is 424 g/mol. The minimum Gasteiger partial charge on any atom is -0.508 e. The maximum atomic E-state index is 12.3. The van der Waals surface area contributed by atoms with Crippen LogP contribution in [-0.4, -0.2) is 11.2 Å². The highest BCUT2D eigenvalue weighted by molar-refractivity contribution is 5.86. The number of ether oxygens (including phenoxy) is 1. The molecule has 0 heterocycles. The molecular weight excluding hydrogens is 398 g/mol. The van der Waals surface area contributed by atoms with E-state index in [1.165, 1.54) is 0 Å². The summed E-state index contributed by atoms with van der Waals surface area (Å²) in [4.78, 5) is 12.3. The van der Waals surface area contributed by atoms with Crippen molar-refractivity contribution in [2.45, 2.75) is 19.3 Å². The van der Waals surface area contributed by atoms with Crippen LogP contribution in [0.4, 0.5) is 10.5 Å². The Morgan fingerprint density at radius 2 is 1.25 bits per heavy atom. The summed E-state index contributed by atoms with van der Waals surface area (Å²) >= 11 is 0. The number of hydrogen-bond acceptors (Lipinski definition) is 3. The SMILES string of the molecule is CC(C)(c1ccc(O)cc1)c1ccc(NC(=O)Oc2ccc(-c3ccccc3)cc2)cc1. The molecular formula is C28H25NO3. The number of phenols is 1. The Balaban J connectivity index is 1.39. The monoisotopic (exact) mass is 423 g/mol. The van der Waals surface area contributed by atoms with Gasteiger partial charge in [-0.3, -0.25) is 5.32 Å². The summed E-state index contributed by atoms with van der Waals surface area (Å²) in [6.07, 6.45) is -0.539. The van der Waals surface area contributed by atoms with E-state index in [1.807, 2.05) is 78.9 Å². The van der Waals surface area contributed by atoms with Gasteiger partial charge >= 0.3 is 6.09 Å². The molecule has 4 aromatic rings. The van der Waals surface area contributed by atoms with Crippen molar-refractivity contribution in [3.05, 3.63) is 114 Å². The molecule has 0 atom stereocenters. The number of carbonyl (C=O) groups is 1. The molecule has 0 saturated carbocycles. The van der Waals surface area contributed by atoms with Crippen LogP contribution in [0.2, 0.25) is 0 Å². The van der Waals surface area contributed by atoms with Crippen molar-refractivity contribution >= 4 is 11.8 Å². The van der Waals surface area contributed by atoms with Crippen molar-refractivity contribution in [3.63, 3.8) is 0 Å². The zero-order chi connectivity index (χ0) is 22.6. The number of benzene rings is 4. The first-order chi connectivity index (χ1) is 15.4. The first kappa shape index (κ1) is 21.2. The summed E-state index contributed by atoms with van der Waals surface area (Å²) in [5, 5.41) is 12.3. The van der Waals surface area contributed by atoms with E-state index in [2.05, 4.69) is 19.2 Å². The number of amides is 1. The summed E-state index contributed by atoms with van der Waals surface area (Å²) in [6.45, 7) is 4.24. The lowest BCUT2D eigenvalue weighted by Crippen LogP contribution is -2.19. The van der Waals surface area contributed by atoms with E-state index in [0.717, 1.165) is 22.3 Å². The van der Waals surface area contributed by atoms with Crippen LogP contribution in [0.25, 0.3) is 11.1 Å². The van der Waals surface area contributed by atoms with E-state index < -0.39 is 6.09 Å². The molecule has 1 amide bonds. The van der Waals surface area contributed by atoms with Gasteiger partial charge in [-0.1, -0.05) is 80.6 Å². The molecule has 2 N–H and O–H groups in total. The molecule has 0 aliphatic carbocycles. The fourth-order valence-electron chi connectivity index (χ4n) is 3.61. The van der Waals surface area contributed by atoms with Gasteiger partial charge in [0.15, 0.2) is 0 Å². The minimum absolute atomic E-state index is 0.243. The second-order valence-corrected chi connectivity index (χ2v) is 8.15. The van der Waals surface area contributed by atoms with Gasteiger partial charge in [0.2, 0.25) is 0 Å². The van der Waals surface area contributed by atoms with E-state index >= 15 is 0 Å². The smallest absolute Gasteiger partial charge is 0.417 e. The zero-order valence-corrected chi connectivity index (χ0v) is 18.1. The quantitative estimate of drug-likeness (QED) is 0.363. The summed E-state index contributed by atoms with van der Waals surface area (Å²) in [6, 6.07) is 32.4. The lowest BCUT2D eigenvalue weighted by molar-refractivity contribution is 0.215. The zero-order valence-electron chi connectivity index (χ0n) is 18.1. The molecule has 0 unspecified atom stereocenters. The first-order valence-electron chi connectivity index (χ1n) is 10.5. The normalized spacial score (nSPS) is 11.1.